The molecule has 8 heteroatoms. The van der Waals surface area contributed by atoms with Crippen molar-refractivity contribution in [3.63, 3.8) is 0 Å². The smallest absolute Gasteiger partial charge is 0.282 e. The number of amides is 1. The minimum absolute atomic E-state index is 0.142. The van der Waals surface area contributed by atoms with E-state index >= 15 is 0 Å². The third-order valence-electron chi connectivity index (χ3n) is 4.81. The van der Waals surface area contributed by atoms with Gasteiger partial charge < -0.3 is 5.32 Å². The zero-order valence-corrected chi connectivity index (χ0v) is 18.2. The standard InChI is InChI=1S/C23H23N5O2S/c1-3-27-14-19-21(26-27)22(30)28(13-17-11-9-16(2)10-12-17)23(25-19)31-15-20(29)24-18-7-5-4-6-8-18/h4-12,14H,3,13,15H2,1-2H3,(H,24,29). The summed E-state index contributed by atoms with van der Waals surface area (Å²) in [4.78, 5) is 30.3. The average Bonchev–Trinajstić information content (AvgIpc) is 3.20. The van der Waals surface area contributed by atoms with E-state index in [1.807, 2.05) is 68.4 Å². The zero-order valence-electron chi connectivity index (χ0n) is 17.4. The van der Waals surface area contributed by atoms with Crippen molar-refractivity contribution >= 4 is 34.4 Å². The number of fused-ring (bicyclic) bond motifs is 1. The number of carbonyl (C=O) groups excluding carboxylic acids is 1. The first-order valence-corrected chi connectivity index (χ1v) is 11.0. The van der Waals surface area contributed by atoms with E-state index in [1.54, 1.807) is 15.4 Å². The van der Waals surface area contributed by atoms with Gasteiger partial charge in [0.05, 0.1) is 18.5 Å². The van der Waals surface area contributed by atoms with Crippen LogP contribution in [0.2, 0.25) is 0 Å². The molecule has 0 saturated carbocycles. The van der Waals surface area contributed by atoms with Gasteiger partial charge in [-0.2, -0.15) is 5.10 Å². The minimum Gasteiger partial charge on any atom is -0.325 e. The summed E-state index contributed by atoms with van der Waals surface area (Å²) in [5, 5.41) is 7.73. The van der Waals surface area contributed by atoms with Crippen LogP contribution >= 0.6 is 11.8 Å². The number of aromatic nitrogens is 4. The highest BCUT2D eigenvalue weighted by molar-refractivity contribution is 7.99. The number of hydrogen-bond acceptors (Lipinski definition) is 5. The Morgan fingerprint density at radius 3 is 2.55 bits per heavy atom. The molecule has 0 saturated heterocycles. The van der Waals surface area contributed by atoms with Crippen molar-refractivity contribution in [2.24, 2.45) is 0 Å². The lowest BCUT2D eigenvalue weighted by Crippen LogP contribution is -2.25. The fraction of sp³-hybridized carbons (Fsp3) is 0.217. The van der Waals surface area contributed by atoms with Gasteiger partial charge in [0, 0.05) is 12.2 Å². The maximum absolute atomic E-state index is 13.2. The summed E-state index contributed by atoms with van der Waals surface area (Å²) in [7, 11) is 0. The molecule has 2 aromatic heterocycles. The third kappa shape index (κ3) is 4.86. The molecule has 31 heavy (non-hydrogen) atoms. The van der Waals surface area contributed by atoms with Crippen molar-refractivity contribution in [2.75, 3.05) is 11.1 Å². The van der Waals surface area contributed by atoms with Gasteiger partial charge in [0.25, 0.3) is 5.56 Å². The Labute approximate surface area is 184 Å². The molecular formula is C23H23N5O2S. The highest BCUT2D eigenvalue weighted by atomic mass is 32.2. The zero-order chi connectivity index (χ0) is 21.8. The number of hydrogen-bond donors (Lipinski definition) is 1. The summed E-state index contributed by atoms with van der Waals surface area (Å²) in [5.74, 6) is -0.0143. The van der Waals surface area contributed by atoms with Crippen molar-refractivity contribution in [2.45, 2.75) is 32.1 Å². The van der Waals surface area contributed by atoms with Gasteiger partial charge in [0.2, 0.25) is 5.91 Å². The molecular weight excluding hydrogens is 410 g/mol. The maximum Gasteiger partial charge on any atom is 0.282 e. The number of anilines is 1. The number of carbonyl (C=O) groups is 1. The maximum atomic E-state index is 13.2. The van der Waals surface area contributed by atoms with Crippen molar-refractivity contribution in [1.82, 2.24) is 19.3 Å². The van der Waals surface area contributed by atoms with E-state index < -0.39 is 0 Å². The number of nitrogens with one attached hydrogen (secondary N) is 1. The molecule has 0 aliphatic heterocycles. The van der Waals surface area contributed by atoms with E-state index in [-0.39, 0.29) is 17.2 Å². The van der Waals surface area contributed by atoms with Gasteiger partial charge in [-0.1, -0.05) is 59.8 Å². The predicted molar refractivity (Wildman–Crippen MR) is 124 cm³/mol. The number of thioether (sulfide) groups is 1. The van der Waals surface area contributed by atoms with Crippen LogP contribution in [0.5, 0.6) is 0 Å². The lowest BCUT2D eigenvalue weighted by atomic mass is 10.1. The molecule has 2 aromatic carbocycles. The van der Waals surface area contributed by atoms with Crippen LogP contribution in [0.25, 0.3) is 11.0 Å². The average molecular weight is 434 g/mol. The van der Waals surface area contributed by atoms with Crippen LogP contribution in [0.15, 0.2) is 70.7 Å². The summed E-state index contributed by atoms with van der Waals surface area (Å²) in [6.45, 7) is 4.99. The SMILES string of the molecule is CCn1cc2nc(SCC(=O)Nc3ccccc3)n(Cc3ccc(C)cc3)c(=O)c2n1. The Bertz CT molecular complexity index is 1260. The topological polar surface area (TPSA) is 81.8 Å². The molecule has 4 rings (SSSR count). The normalized spacial score (nSPS) is 11.0. The van der Waals surface area contributed by atoms with Crippen molar-refractivity contribution < 1.29 is 4.79 Å². The van der Waals surface area contributed by atoms with E-state index in [0.29, 0.717) is 29.3 Å². The third-order valence-corrected chi connectivity index (χ3v) is 5.79. The second-order valence-corrected chi connectivity index (χ2v) is 8.14. The molecule has 2 heterocycles. The second kappa shape index (κ2) is 9.18. The number of aryl methyl sites for hydroxylation is 2. The quantitative estimate of drug-likeness (QED) is 0.355. The lowest BCUT2D eigenvalue weighted by molar-refractivity contribution is -0.113. The van der Waals surface area contributed by atoms with E-state index in [2.05, 4.69) is 15.4 Å². The van der Waals surface area contributed by atoms with Crippen LogP contribution in [0.4, 0.5) is 5.69 Å². The Balaban J connectivity index is 1.64. The number of para-hydroxylation sites is 1. The van der Waals surface area contributed by atoms with Crippen LogP contribution in [0, 0.1) is 6.92 Å². The van der Waals surface area contributed by atoms with Crippen molar-refractivity contribution in [3.8, 4) is 0 Å². The van der Waals surface area contributed by atoms with Crippen LogP contribution < -0.4 is 10.9 Å². The van der Waals surface area contributed by atoms with Crippen LogP contribution in [-0.4, -0.2) is 31.0 Å². The Morgan fingerprint density at radius 2 is 1.84 bits per heavy atom. The fourth-order valence-corrected chi connectivity index (χ4v) is 3.96. The molecule has 0 spiro atoms. The summed E-state index contributed by atoms with van der Waals surface area (Å²) in [6.07, 6.45) is 1.76. The Kier molecular flexibility index (Phi) is 6.18. The first-order chi connectivity index (χ1) is 15.0. The van der Waals surface area contributed by atoms with Gasteiger partial charge in [-0.15, -0.1) is 0 Å². The van der Waals surface area contributed by atoms with Crippen molar-refractivity contribution in [1.29, 1.82) is 0 Å². The lowest BCUT2D eigenvalue weighted by Gasteiger charge is -2.12. The highest BCUT2D eigenvalue weighted by Crippen LogP contribution is 2.19. The van der Waals surface area contributed by atoms with E-state index in [9.17, 15) is 9.59 Å². The van der Waals surface area contributed by atoms with Gasteiger partial charge in [0.1, 0.15) is 5.52 Å². The Morgan fingerprint density at radius 1 is 1.10 bits per heavy atom. The summed E-state index contributed by atoms with van der Waals surface area (Å²) >= 11 is 1.25. The molecule has 1 amide bonds. The number of rotatable bonds is 7. The first-order valence-electron chi connectivity index (χ1n) is 10.0. The summed E-state index contributed by atoms with van der Waals surface area (Å²) in [6, 6.07) is 17.3. The minimum atomic E-state index is -0.205. The molecule has 0 radical (unpaired) electrons. The van der Waals surface area contributed by atoms with Gasteiger partial charge in [-0.3, -0.25) is 18.8 Å². The van der Waals surface area contributed by atoms with Crippen LogP contribution in [0.3, 0.4) is 0 Å². The molecule has 0 atom stereocenters. The first kappa shape index (κ1) is 20.9. The monoisotopic (exact) mass is 433 g/mol. The molecule has 0 aliphatic rings. The van der Waals surface area contributed by atoms with Gasteiger partial charge in [-0.25, -0.2) is 4.98 Å². The van der Waals surface area contributed by atoms with Crippen molar-refractivity contribution in [3.05, 3.63) is 82.3 Å². The van der Waals surface area contributed by atoms with E-state index in [1.165, 1.54) is 11.8 Å². The Hall–Kier alpha value is -3.39. The molecule has 4 aromatic rings. The largest absolute Gasteiger partial charge is 0.325 e. The molecule has 158 valence electrons. The summed E-state index contributed by atoms with van der Waals surface area (Å²) in [5.41, 5.74) is 3.55. The molecule has 0 bridgehead atoms. The van der Waals surface area contributed by atoms with Crippen LogP contribution in [-0.2, 0) is 17.9 Å². The predicted octanol–water partition coefficient (Wildman–Crippen LogP) is 3.70. The molecule has 0 fully saturated rings. The van der Waals surface area contributed by atoms with E-state index in [4.69, 9.17) is 0 Å². The molecule has 7 nitrogen and oxygen atoms in total. The fourth-order valence-electron chi connectivity index (χ4n) is 3.16. The molecule has 1 N–H and O–H groups in total. The van der Waals surface area contributed by atoms with Gasteiger partial charge >= 0.3 is 0 Å². The number of nitrogens with zero attached hydrogens (tertiary/aromatic N) is 4. The van der Waals surface area contributed by atoms with E-state index in [0.717, 1.165) is 16.8 Å². The van der Waals surface area contributed by atoms with Crippen LogP contribution in [0.1, 0.15) is 18.1 Å². The number of benzene rings is 2. The van der Waals surface area contributed by atoms with Gasteiger partial charge in [0.15, 0.2) is 10.7 Å². The summed E-state index contributed by atoms with van der Waals surface area (Å²) < 4.78 is 3.30. The second-order valence-electron chi connectivity index (χ2n) is 7.19. The highest BCUT2D eigenvalue weighted by Gasteiger charge is 2.16. The van der Waals surface area contributed by atoms with Gasteiger partial charge in [-0.05, 0) is 31.5 Å². The molecule has 0 unspecified atom stereocenters. The molecule has 0 aliphatic carbocycles.